The third-order valence-corrected chi connectivity index (χ3v) is 2.25. The zero-order valence-electron chi connectivity index (χ0n) is 11.2. The van der Waals surface area contributed by atoms with E-state index in [1.165, 1.54) is 4.90 Å². The number of ether oxygens (including phenoxy) is 1. The Labute approximate surface area is 130 Å². The van der Waals surface area contributed by atoms with E-state index < -0.39 is 0 Å². The summed E-state index contributed by atoms with van der Waals surface area (Å²) >= 11 is 0. The summed E-state index contributed by atoms with van der Waals surface area (Å²) < 4.78 is 5.08. The Balaban J connectivity index is -0.000000980. The average Bonchev–Trinajstić information content (AvgIpc) is 2.15. The summed E-state index contributed by atoms with van der Waals surface area (Å²) in [5.41, 5.74) is 0. The van der Waals surface area contributed by atoms with Crippen molar-refractivity contribution in [3.63, 3.8) is 0 Å². The van der Waals surface area contributed by atoms with E-state index in [-0.39, 0.29) is 48.9 Å². The molecular formula is C12H23NO2V2-2. The molecule has 1 amide bonds. The molecule has 0 aliphatic rings. The maximum atomic E-state index is 11.6. The number of hydrogen-bond donors (Lipinski definition) is 0. The van der Waals surface area contributed by atoms with Crippen molar-refractivity contribution in [3.8, 4) is 0 Å². The van der Waals surface area contributed by atoms with Crippen molar-refractivity contribution in [1.29, 1.82) is 0 Å². The van der Waals surface area contributed by atoms with E-state index in [9.17, 15) is 4.79 Å². The van der Waals surface area contributed by atoms with Gasteiger partial charge in [-0.25, -0.2) is 0 Å². The Morgan fingerprint density at radius 2 is 1.94 bits per heavy atom. The Hall–Kier alpha value is 0.469. The predicted molar refractivity (Wildman–Crippen MR) is 61.9 cm³/mol. The second kappa shape index (κ2) is 12.9. The summed E-state index contributed by atoms with van der Waals surface area (Å²) in [6.45, 7) is 7.40. The molecule has 5 heteroatoms. The monoisotopic (exact) mass is 315 g/mol. The molecule has 0 aromatic heterocycles. The number of carbonyl (C=O) groups excluding carboxylic acids is 1. The predicted octanol–water partition coefficient (Wildman–Crippen LogP) is 2.13. The zero-order valence-corrected chi connectivity index (χ0v) is 14.0. The normalized spacial score (nSPS) is 11.2. The molecule has 2 radical (unpaired) electrons. The number of rotatable bonds is 7. The second-order valence-electron chi connectivity index (χ2n) is 4.20. The van der Waals surface area contributed by atoms with Crippen molar-refractivity contribution < 1.29 is 46.6 Å². The molecule has 0 saturated heterocycles. The van der Waals surface area contributed by atoms with Crippen molar-refractivity contribution >= 4 is 5.91 Å². The number of nitrogens with zero attached hydrogens (tertiary/aromatic N) is 1. The Kier molecular flexibility index (Phi) is 17.2. The maximum Gasteiger partial charge on any atom is 0.0555 e. The Bertz CT molecular complexity index is 189. The summed E-state index contributed by atoms with van der Waals surface area (Å²) in [6, 6.07) is 0. The van der Waals surface area contributed by atoms with Gasteiger partial charge < -0.3 is 20.9 Å². The van der Waals surface area contributed by atoms with E-state index in [0.717, 1.165) is 6.42 Å². The molecule has 0 saturated carbocycles. The standard InChI is InChI=1S/C12H23NO2.2V/c1-6-11(9-15-5)8-13(4)12(14)7-10(2)3;;/h7,10-11H,4,6,8-9H2,1-3,5H3;;/q-2;;. The largest absolute Gasteiger partial charge is 0.521 e. The first kappa shape index (κ1) is 22.6. The van der Waals surface area contributed by atoms with Crippen LogP contribution in [0, 0.1) is 25.3 Å². The Morgan fingerprint density at radius 3 is 2.29 bits per heavy atom. The van der Waals surface area contributed by atoms with Crippen LogP contribution in [-0.4, -0.2) is 31.1 Å². The molecule has 0 bridgehead atoms. The van der Waals surface area contributed by atoms with E-state index in [1.54, 1.807) is 13.5 Å². The molecule has 0 N–H and O–H groups in total. The number of hydrogen-bond acceptors (Lipinski definition) is 2. The van der Waals surface area contributed by atoms with Crippen LogP contribution in [0.4, 0.5) is 0 Å². The van der Waals surface area contributed by atoms with E-state index >= 15 is 0 Å². The molecule has 0 spiro atoms. The molecule has 3 nitrogen and oxygen atoms in total. The van der Waals surface area contributed by atoms with Crippen LogP contribution in [0.15, 0.2) is 0 Å². The summed E-state index contributed by atoms with van der Waals surface area (Å²) in [4.78, 5) is 13.1. The van der Waals surface area contributed by atoms with Gasteiger partial charge in [0, 0.05) is 44.2 Å². The molecule has 0 aromatic rings. The van der Waals surface area contributed by atoms with Crippen molar-refractivity contribution in [3.05, 3.63) is 13.5 Å². The van der Waals surface area contributed by atoms with Gasteiger partial charge in [0.05, 0.1) is 12.5 Å². The summed E-state index contributed by atoms with van der Waals surface area (Å²) in [7, 11) is 5.44. The number of methoxy groups -OCH3 is 1. The molecule has 100 valence electrons. The number of amides is 1. The molecule has 0 aliphatic heterocycles. The van der Waals surface area contributed by atoms with Gasteiger partial charge in [-0.15, -0.1) is 0 Å². The van der Waals surface area contributed by atoms with Gasteiger partial charge >= 0.3 is 0 Å². The third-order valence-electron chi connectivity index (χ3n) is 2.25. The van der Waals surface area contributed by atoms with Gasteiger partial charge in [0.15, 0.2) is 0 Å². The van der Waals surface area contributed by atoms with Crippen LogP contribution in [0.3, 0.4) is 0 Å². The minimum Gasteiger partial charge on any atom is -0.521 e. The molecule has 17 heavy (non-hydrogen) atoms. The van der Waals surface area contributed by atoms with Crippen molar-refractivity contribution in [1.82, 2.24) is 4.90 Å². The van der Waals surface area contributed by atoms with Gasteiger partial charge in [-0.05, 0) is 18.9 Å². The quantitative estimate of drug-likeness (QED) is 0.674. The molecule has 1 unspecified atom stereocenters. The fraction of sp³-hybridized carbons (Fsp3) is 0.750. The number of carbonyl (C=O) groups is 1. The SMILES string of the molecule is [CH2-]N(CC(CC)COC)C(=O)[CH-]C(C)C.[V].[V]. The second-order valence-corrected chi connectivity index (χ2v) is 4.20. The molecular weight excluding hydrogens is 292 g/mol. The van der Waals surface area contributed by atoms with Gasteiger partial charge in [0.2, 0.25) is 0 Å². The minimum atomic E-state index is -0.000414. The van der Waals surface area contributed by atoms with E-state index in [2.05, 4.69) is 14.0 Å². The zero-order chi connectivity index (χ0) is 11.8. The third kappa shape index (κ3) is 11.3. The fourth-order valence-electron chi connectivity index (χ4n) is 1.33. The topological polar surface area (TPSA) is 29.5 Å². The maximum absolute atomic E-state index is 11.6. The molecule has 1 atom stereocenters. The summed E-state index contributed by atoms with van der Waals surface area (Å²) in [5, 5.41) is 0. The smallest absolute Gasteiger partial charge is 0.0555 e. The Morgan fingerprint density at radius 1 is 1.41 bits per heavy atom. The summed E-state index contributed by atoms with van der Waals surface area (Å²) in [5.74, 6) is 0.640. The van der Waals surface area contributed by atoms with Gasteiger partial charge in [-0.1, -0.05) is 20.8 Å². The van der Waals surface area contributed by atoms with Gasteiger partial charge in [0.1, 0.15) is 0 Å². The van der Waals surface area contributed by atoms with Gasteiger partial charge in [-0.2, -0.15) is 5.92 Å². The minimum absolute atomic E-state index is 0. The fourth-order valence-corrected chi connectivity index (χ4v) is 1.33. The van der Waals surface area contributed by atoms with Crippen molar-refractivity contribution in [2.75, 3.05) is 20.3 Å². The van der Waals surface area contributed by atoms with Crippen LogP contribution >= 0.6 is 0 Å². The van der Waals surface area contributed by atoms with Crippen molar-refractivity contribution in [2.45, 2.75) is 27.2 Å². The molecule has 0 heterocycles. The van der Waals surface area contributed by atoms with E-state index in [1.807, 2.05) is 13.8 Å². The first-order chi connectivity index (χ1) is 7.01. The van der Waals surface area contributed by atoms with Crippen LogP contribution in [0.25, 0.3) is 0 Å². The van der Waals surface area contributed by atoms with E-state index in [4.69, 9.17) is 4.74 Å². The van der Waals surface area contributed by atoms with Crippen LogP contribution in [0.2, 0.25) is 0 Å². The van der Waals surface area contributed by atoms with Crippen LogP contribution in [0.1, 0.15) is 27.2 Å². The van der Waals surface area contributed by atoms with Crippen LogP contribution in [-0.2, 0) is 46.6 Å². The van der Waals surface area contributed by atoms with Crippen molar-refractivity contribution in [2.24, 2.45) is 11.8 Å². The van der Waals surface area contributed by atoms with Gasteiger partial charge in [0.25, 0.3) is 0 Å². The van der Waals surface area contributed by atoms with Crippen LogP contribution < -0.4 is 0 Å². The average molecular weight is 315 g/mol. The summed E-state index contributed by atoms with van der Waals surface area (Å²) in [6.07, 6.45) is 2.68. The van der Waals surface area contributed by atoms with Gasteiger partial charge in [-0.3, -0.25) is 7.05 Å². The molecule has 0 aliphatic carbocycles. The van der Waals surface area contributed by atoms with E-state index in [0.29, 0.717) is 19.1 Å². The van der Waals surface area contributed by atoms with Crippen LogP contribution in [0.5, 0.6) is 0 Å². The molecule has 0 fully saturated rings. The first-order valence-electron chi connectivity index (χ1n) is 5.47. The molecule has 0 rings (SSSR count). The first-order valence-corrected chi connectivity index (χ1v) is 5.47. The molecule has 0 aromatic carbocycles.